The fraction of sp³-hybridized carbons (Fsp3) is 0.417. The minimum atomic E-state index is -0.562. The summed E-state index contributed by atoms with van der Waals surface area (Å²) in [5.74, 6) is -1.94. The van der Waals surface area contributed by atoms with E-state index in [-0.39, 0.29) is 29.4 Å². The molecule has 0 saturated heterocycles. The van der Waals surface area contributed by atoms with Crippen LogP contribution in [0.15, 0.2) is 0 Å². The van der Waals surface area contributed by atoms with Crippen molar-refractivity contribution in [2.45, 2.75) is 0 Å². The van der Waals surface area contributed by atoms with Gasteiger partial charge in [-0.2, -0.15) is 0 Å². The number of hydrogen-bond donors (Lipinski definition) is 2. The Kier molecular flexibility index (Phi) is 4.82. The van der Waals surface area contributed by atoms with Crippen molar-refractivity contribution in [1.82, 2.24) is 0 Å². The Morgan fingerprint density at radius 1 is 0.895 bits per heavy atom. The van der Waals surface area contributed by atoms with E-state index in [2.05, 4.69) is 0 Å². The quantitative estimate of drug-likeness (QED) is 0.588. The monoisotopic (exact) mass is 272 g/mol. The average molecular weight is 272 g/mol. The second kappa shape index (κ2) is 6.14. The molecule has 0 aliphatic rings. The molecule has 1 rings (SSSR count). The van der Waals surface area contributed by atoms with Crippen LogP contribution < -0.4 is 14.2 Å². The van der Waals surface area contributed by atoms with E-state index in [1.54, 1.807) is 0 Å². The van der Waals surface area contributed by atoms with Crippen LogP contribution in [0, 0.1) is 0 Å². The highest BCUT2D eigenvalue weighted by atomic mass is 16.5. The molecule has 19 heavy (non-hydrogen) atoms. The number of aromatic hydroxyl groups is 2. The minimum absolute atomic E-state index is 0.120. The molecule has 1 aromatic carbocycles. The maximum Gasteiger partial charge on any atom is 0.211 e. The van der Waals surface area contributed by atoms with Gasteiger partial charge >= 0.3 is 0 Å². The van der Waals surface area contributed by atoms with Crippen LogP contribution in [0.4, 0.5) is 0 Å². The van der Waals surface area contributed by atoms with Crippen LogP contribution in [0.25, 0.3) is 0 Å². The number of phenols is 2. The number of methoxy groups -OCH3 is 4. The van der Waals surface area contributed by atoms with Gasteiger partial charge in [-0.25, -0.2) is 0 Å². The van der Waals surface area contributed by atoms with Gasteiger partial charge in [0.2, 0.25) is 17.2 Å². The predicted octanol–water partition coefficient (Wildman–Crippen LogP) is 0.953. The van der Waals surface area contributed by atoms with Crippen molar-refractivity contribution in [3.8, 4) is 28.7 Å². The molecule has 0 bridgehead atoms. The van der Waals surface area contributed by atoms with E-state index in [1.165, 1.54) is 28.4 Å². The molecule has 0 radical (unpaired) electrons. The van der Waals surface area contributed by atoms with Gasteiger partial charge in [-0.15, -0.1) is 0 Å². The Morgan fingerprint density at radius 2 is 1.37 bits per heavy atom. The number of ketones is 1. The molecule has 0 amide bonds. The van der Waals surface area contributed by atoms with Crippen LogP contribution in [-0.2, 0) is 4.74 Å². The largest absolute Gasteiger partial charge is 0.504 e. The minimum Gasteiger partial charge on any atom is -0.504 e. The SMILES string of the molecule is COCC(=O)c1c(O)c(OC)c(OC)c(O)c1OC. The summed E-state index contributed by atoms with van der Waals surface area (Å²) in [4.78, 5) is 11.9. The molecular weight excluding hydrogens is 256 g/mol. The zero-order valence-electron chi connectivity index (χ0n) is 11.1. The fourth-order valence-corrected chi connectivity index (χ4v) is 1.70. The molecule has 0 aliphatic heterocycles. The first-order chi connectivity index (χ1) is 9.03. The Balaban J connectivity index is 3.61. The van der Waals surface area contributed by atoms with Crippen LogP contribution in [0.2, 0.25) is 0 Å². The number of Topliss-reactive ketones (excluding diaryl/α,β-unsaturated/α-hetero) is 1. The van der Waals surface area contributed by atoms with Crippen LogP contribution in [-0.4, -0.2) is 51.0 Å². The molecular formula is C12H16O7. The number of carbonyl (C=O) groups is 1. The van der Waals surface area contributed by atoms with Crippen molar-refractivity contribution in [2.24, 2.45) is 0 Å². The van der Waals surface area contributed by atoms with Crippen molar-refractivity contribution >= 4 is 5.78 Å². The summed E-state index contributed by atoms with van der Waals surface area (Å²) in [5.41, 5.74) is -0.223. The third-order valence-electron chi connectivity index (χ3n) is 2.48. The highest BCUT2D eigenvalue weighted by Gasteiger charge is 2.29. The number of rotatable bonds is 6. The zero-order valence-corrected chi connectivity index (χ0v) is 11.1. The van der Waals surface area contributed by atoms with Crippen molar-refractivity contribution in [3.63, 3.8) is 0 Å². The summed E-state index contributed by atoms with van der Waals surface area (Å²) in [5, 5.41) is 20.1. The number of hydrogen-bond acceptors (Lipinski definition) is 7. The van der Waals surface area contributed by atoms with Crippen LogP contribution in [0.5, 0.6) is 28.7 Å². The molecule has 7 nitrogen and oxygen atoms in total. The molecule has 0 unspecified atom stereocenters. The van der Waals surface area contributed by atoms with E-state index in [9.17, 15) is 15.0 Å². The first-order valence-electron chi connectivity index (χ1n) is 5.29. The lowest BCUT2D eigenvalue weighted by molar-refractivity contribution is 0.0840. The maximum atomic E-state index is 11.9. The summed E-state index contributed by atoms with van der Waals surface area (Å²) in [6.45, 7) is -0.279. The van der Waals surface area contributed by atoms with E-state index in [1.807, 2.05) is 0 Å². The lowest BCUT2D eigenvalue weighted by Gasteiger charge is -2.17. The van der Waals surface area contributed by atoms with Gasteiger partial charge in [0.05, 0.1) is 21.3 Å². The molecule has 0 aliphatic carbocycles. The first kappa shape index (κ1) is 14.9. The van der Waals surface area contributed by atoms with Crippen molar-refractivity contribution < 1.29 is 34.0 Å². The molecule has 0 fully saturated rings. The van der Waals surface area contributed by atoms with E-state index < -0.39 is 17.3 Å². The molecule has 0 aromatic heterocycles. The molecule has 0 heterocycles. The predicted molar refractivity (Wildman–Crippen MR) is 65.6 cm³/mol. The lowest BCUT2D eigenvalue weighted by atomic mass is 10.1. The molecule has 106 valence electrons. The molecule has 0 atom stereocenters. The summed E-state index contributed by atoms with van der Waals surface area (Å²) in [7, 11) is 5.15. The van der Waals surface area contributed by atoms with Gasteiger partial charge in [0.25, 0.3) is 0 Å². The van der Waals surface area contributed by atoms with Gasteiger partial charge < -0.3 is 29.2 Å². The van der Waals surface area contributed by atoms with Gasteiger partial charge in [0.1, 0.15) is 12.2 Å². The normalized spacial score (nSPS) is 10.1. The second-order valence-corrected chi connectivity index (χ2v) is 3.53. The third-order valence-corrected chi connectivity index (χ3v) is 2.48. The van der Waals surface area contributed by atoms with E-state index >= 15 is 0 Å². The molecule has 2 N–H and O–H groups in total. The summed E-state index contributed by atoms with van der Waals surface area (Å²) >= 11 is 0. The molecule has 0 saturated carbocycles. The number of carbonyl (C=O) groups excluding carboxylic acids is 1. The summed E-state index contributed by atoms with van der Waals surface area (Å²) in [6, 6.07) is 0. The van der Waals surface area contributed by atoms with Crippen molar-refractivity contribution in [1.29, 1.82) is 0 Å². The van der Waals surface area contributed by atoms with Gasteiger partial charge in [-0.3, -0.25) is 4.79 Å². The summed E-state index contributed by atoms with van der Waals surface area (Å²) < 4.78 is 19.5. The van der Waals surface area contributed by atoms with E-state index in [0.717, 1.165) is 0 Å². The van der Waals surface area contributed by atoms with Gasteiger partial charge in [-0.05, 0) is 0 Å². The van der Waals surface area contributed by atoms with E-state index in [4.69, 9.17) is 18.9 Å². The maximum absolute atomic E-state index is 11.9. The highest BCUT2D eigenvalue weighted by molar-refractivity contribution is 6.04. The Morgan fingerprint density at radius 3 is 1.79 bits per heavy atom. The highest BCUT2D eigenvalue weighted by Crippen LogP contribution is 2.52. The summed E-state index contributed by atoms with van der Waals surface area (Å²) in [6.07, 6.45) is 0. The van der Waals surface area contributed by atoms with Crippen molar-refractivity contribution in [2.75, 3.05) is 35.0 Å². The Bertz CT molecular complexity index is 482. The van der Waals surface area contributed by atoms with Gasteiger partial charge in [-0.1, -0.05) is 0 Å². The topological polar surface area (TPSA) is 94.5 Å². The van der Waals surface area contributed by atoms with Crippen LogP contribution in [0.3, 0.4) is 0 Å². The molecule has 1 aromatic rings. The van der Waals surface area contributed by atoms with E-state index in [0.29, 0.717) is 0 Å². The van der Waals surface area contributed by atoms with Gasteiger partial charge in [0.15, 0.2) is 17.3 Å². The van der Waals surface area contributed by atoms with Gasteiger partial charge in [0, 0.05) is 7.11 Å². The molecule has 0 spiro atoms. The van der Waals surface area contributed by atoms with Crippen molar-refractivity contribution in [3.05, 3.63) is 5.56 Å². The van der Waals surface area contributed by atoms with Crippen LogP contribution >= 0.6 is 0 Å². The zero-order chi connectivity index (χ0) is 14.6. The second-order valence-electron chi connectivity index (χ2n) is 3.53. The first-order valence-corrected chi connectivity index (χ1v) is 5.29. The standard InChI is InChI=1S/C12H16O7/c1-16-5-6(13)7-8(14)11(18-3)12(19-4)9(15)10(7)17-2/h14-15H,5H2,1-4H3. The fourth-order valence-electron chi connectivity index (χ4n) is 1.70. The Hall–Kier alpha value is -2.15. The number of benzene rings is 1. The number of phenolic OH excluding ortho intramolecular Hbond substituents is 2. The molecule has 7 heteroatoms. The smallest absolute Gasteiger partial charge is 0.211 e. The average Bonchev–Trinajstić information content (AvgIpc) is 2.39. The Labute approximate surface area is 110 Å². The van der Waals surface area contributed by atoms with Crippen LogP contribution in [0.1, 0.15) is 10.4 Å². The number of ether oxygens (including phenoxy) is 4. The third kappa shape index (κ3) is 2.50. The lowest BCUT2D eigenvalue weighted by Crippen LogP contribution is -2.10.